The van der Waals surface area contributed by atoms with Gasteiger partial charge in [-0.2, -0.15) is 0 Å². The third kappa shape index (κ3) is 7.21. The molecule has 0 saturated carbocycles. The molecule has 8 bridgehead atoms. The number of aliphatic hydroxyl groups is 1. The first-order valence-electron chi connectivity index (χ1n) is 19.8. The molecule has 0 radical (unpaired) electrons. The van der Waals surface area contributed by atoms with Gasteiger partial charge in [-0.3, -0.25) is 9.59 Å². The zero-order valence-electron chi connectivity index (χ0n) is 33.2. The van der Waals surface area contributed by atoms with Crippen molar-refractivity contribution in [1.82, 2.24) is 20.6 Å². The van der Waals surface area contributed by atoms with Gasteiger partial charge in [0.05, 0.1) is 19.3 Å². The van der Waals surface area contributed by atoms with Crippen LogP contribution in [0.1, 0.15) is 126 Å². The summed E-state index contributed by atoms with van der Waals surface area (Å²) in [5.41, 5.74) is 12.8. The number of esters is 2. The van der Waals surface area contributed by atoms with Gasteiger partial charge in [0.2, 0.25) is 0 Å². The fraction of sp³-hybridized carbons (Fsp3) is 0.545. The van der Waals surface area contributed by atoms with Crippen LogP contribution >= 0.6 is 0 Å². The molecule has 2 aromatic rings. The third-order valence-electron chi connectivity index (χ3n) is 12.5. The van der Waals surface area contributed by atoms with Crippen molar-refractivity contribution in [2.75, 3.05) is 13.7 Å². The number of aliphatic hydroxyl groups excluding tert-OH is 1. The number of rotatable bonds is 12. The molecule has 3 aliphatic heterocycles. The first kappa shape index (κ1) is 38.5. The second-order valence-corrected chi connectivity index (χ2v) is 15.6. The first-order chi connectivity index (χ1) is 25.4. The highest BCUT2D eigenvalue weighted by atomic mass is 16.5. The normalized spacial score (nSPS) is 27.4. The maximum atomic E-state index is 13.6. The highest BCUT2D eigenvalue weighted by Gasteiger charge is 2.49. The van der Waals surface area contributed by atoms with Crippen LogP contribution in [0.4, 0.5) is 0 Å². The third-order valence-corrected chi connectivity index (χ3v) is 12.5. The number of unbranched alkanes of at least 4 members (excludes halogenated alkanes) is 2. The molecule has 1 saturated heterocycles. The number of carbonyl (C=O) groups excluding carboxylic acids is 2. The molecule has 5 N–H and O–H groups in total. The summed E-state index contributed by atoms with van der Waals surface area (Å²) in [6.45, 7) is 17.6. The van der Waals surface area contributed by atoms with E-state index in [4.69, 9.17) is 9.47 Å². The molecule has 0 amide bonds. The van der Waals surface area contributed by atoms with E-state index in [2.05, 4.69) is 87.3 Å². The molecule has 6 rings (SSSR count). The Morgan fingerprint density at radius 3 is 2.43 bits per heavy atom. The summed E-state index contributed by atoms with van der Waals surface area (Å²) in [7, 11) is 1.38. The quantitative estimate of drug-likeness (QED) is 0.0954. The predicted molar refractivity (Wildman–Crippen MR) is 210 cm³/mol. The number of aromatic amines is 2. The van der Waals surface area contributed by atoms with E-state index in [0.29, 0.717) is 6.42 Å². The van der Waals surface area contributed by atoms with E-state index in [9.17, 15) is 14.7 Å². The number of H-pyrrole nitrogens is 2. The number of aromatic nitrogens is 2. The van der Waals surface area contributed by atoms with E-state index in [-0.39, 0.29) is 42.8 Å². The largest absolute Gasteiger partial charge is 0.468 e. The fourth-order valence-electron chi connectivity index (χ4n) is 9.25. The maximum absolute atomic E-state index is 13.6. The topological polar surface area (TPSA) is 128 Å². The summed E-state index contributed by atoms with van der Waals surface area (Å²) < 4.78 is 11.1. The molecule has 53 heavy (non-hydrogen) atoms. The van der Waals surface area contributed by atoms with Crippen LogP contribution in [0.2, 0.25) is 0 Å². The van der Waals surface area contributed by atoms with Crippen molar-refractivity contribution < 1.29 is 24.2 Å². The second-order valence-electron chi connectivity index (χ2n) is 15.6. The molecular weight excluding hydrogens is 665 g/mol. The van der Waals surface area contributed by atoms with Crippen molar-refractivity contribution in [2.45, 2.75) is 119 Å². The van der Waals surface area contributed by atoms with Crippen molar-refractivity contribution in [3.63, 3.8) is 0 Å². The van der Waals surface area contributed by atoms with Crippen LogP contribution in [0.25, 0.3) is 17.7 Å². The van der Waals surface area contributed by atoms with Gasteiger partial charge in [-0.15, -0.1) is 0 Å². The summed E-state index contributed by atoms with van der Waals surface area (Å²) in [6.07, 6.45) is 14.7. The number of fused-ring (bicyclic) bond motifs is 8. The molecule has 286 valence electrons. The van der Waals surface area contributed by atoms with Crippen LogP contribution < -0.4 is 21.3 Å². The number of carbonyl (C=O) groups is 2. The predicted octanol–water partition coefficient (Wildman–Crippen LogP) is 6.55. The summed E-state index contributed by atoms with van der Waals surface area (Å²) >= 11 is 0. The first-order valence-corrected chi connectivity index (χ1v) is 19.8. The second kappa shape index (κ2) is 16.0. The molecule has 9 heteroatoms. The van der Waals surface area contributed by atoms with Crippen LogP contribution in [0, 0.1) is 37.5 Å². The highest BCUT2D eigenvalue weighted by Crippen LogP contribution is 2.45. The lowest BCUT2D eigenvalue weighted by atomic mass is 9.80. The van der Waals surface area contributed by atoms with Crippen LogP contribution in [-0.2, 0) is 25.5 Å². The van der Waals surface area contributed by atoms with Gasteiger partial charge < -0.3 is 35.2 Å². The van der Waals surface area contributed by atoms with E-state index < -0.39 is 18.0 Å². The van der Waals surface area contributed by atoms with Gasteiger partial charge in [-0.25, -0.2) is 0 Å². The van der Waals surface area contributed by atoms with E-state index in [1.165, 1.54) is 47.9 Å². The Balaban J connectivity index is 1.46. The molecule has 1 aliphatic carbocycles. The van der Waals surface area contributed by atoms with Crippen molar-refractivity contribution >= 4 is 29.7 Å². The number of methoxy groups -OCH3 is 1. The SMILES string of the molecule is CCCCC/C(C)=C/COC(=O)CC[C@@H]1C2N/C(=C\C3=C(C)[C@@H](CC)/C(=C/c4[nH]c(c(CC)c4C)/C=c4\[nH]c5c(c4C)[C@H](O)[C@H](C(=O)OC)C=52)N3)[C@H]1C. The molecule has 1 unspecified atom stereocenters. The minimum absolute atomic E-state index is 0.0216. The minimum atomic E-state index is -1.07. The van der Waals surface area contributed by atoms with E-state index >= 15 is 0 Å². The minimum Gasteiger partial charge on any atom is -0.468 e. The van der Waals surface area contributed by atoms with Crippen molar-refractivity contribution in [3.05, 3.63) is 84.7 Å². The van der Waals surface area contributed by atoms with Crippen molar-refractivity contribution in [2.24, 2.45) is 23.7 Å². The number of ether oxygens (including phenoxy) is 2. The van der Waals surface area contributed by atoms with Gasteiger partial charge >= 0.3 is 11.9 Å². The van der Waals surface area contributed by atoms with Gasteiger partial charge in [0.1, 0.15) is 12.5 Å². The smallest absolute Gasteiger partial charge is 0.315 e. The number of hydrogen-bond acceptors (Lipinski definition) is 7. The molecule has 6 atom stereocenters. The van der Waals surface area contributed by atoms with Crippen LogP contribution in [0.3, 0.4) is 0 Å². The van der Waals surface area contributed by atoms with Gasteiger partial charge in [-0.05, 0) is 118 Å². The lowest BCUT2D eigenvalue weighted by molar-refractivity contribution is -0.147. The van der Waals surface area contributed by atoms with Crippen LogP contribution in [0.15, 0.2) is 40.4 Å². The Morgan fingerprint density at radius 1 is 0.962 bits per heavy atom. The van der Waals surface area contributed by atoms with Crippen LogP contribution in [-0.4, -0.2) is 46.8 Å². The van der Waals surface area contributed by atoms with Gasteiger partial charge in [0.25, 0.3) is 0 Å². The zero-order chi connectivity index (χ0) is 38.1. The average Bonchev–Trinajstić information content (AvgIpc) is 3.87. The van der Waals surface area contributed by atoms with Crippen LogP contribution in [0.5, 0.6) is 0 Å². The Labute approximate surface area is 314 Å². The Hall–Kier alpha value is -4.24. The van der Waals surface area contributed by atoms with Gasteiger partial charge in [0.15, 0.2) is 0 Å². The maximum Gasteiger partial charge on any atom is 0.315 e. The molecule has 5 heterocycles. The highest BCUT2D eigenvalue weighted by molar-refractivity contribution is 5.88. The average molecular weight is 725 g/mol. The van der Waals surface area contributed by atoms with Crippen molar-refractivity contribution in [1.29, 1.82) is 0 Å². The number of hydrogen-bond donors (Lipinski definition) is 5. The Morgan fingerprint density at radius 2 is 1.74 bits per heavy atom. The molecule has 9 nitrogen and oxygen atoms in total. The molecule has 2 aromatic heterocycles. The molecule has 1 fully saturated rings. The standard InChI is InChI=1S/C44H60N4O5/c1-10-13-14-15-23(4)18-19-53-37(49)17-16-30-26(7)33-20-31-24(5)28(11-2)35(45-31)21-32-25(6)29(12-3)36(46-32)22-34-27(8)38-42(48-34)39(41(30)47-33)40(43(38)50)44(51)52-9/h18,20-22,26,28,30,40-41,43,45-48,50H,10-17,19H2,1-9H3/b23-18+,33-20-,34-22-,35-21-/t26-,28+,30-,40+,41?,43-/m0/s1. The number of nitrogens with one attached hydrogen (secondary N) is 4. The van der Waals surface area contributed by atoms with Gasteiger partial charge in [-0.1, -0.05) is 46.1 Å². The van der Waals surface area contributed by atoms with E-state index in [0.717, 1.165) is 75.9 Å². The Kier molecular flexibility index (Phi) is 11.6. The Bertz CT molecular complexity index is 2010. The summed E-state index contributed by atoms with van der Waals surface area (Å²) in [4.78, 5) is 34.2. The summed E-state index contributed by atoms with van der Waals surface area (Å²) in [5, 5.41) is 21.2. The van der Waals surface area contributed by atoms with E-state index in [1.54, 1.807) is 0 Å². The molecule has 0 spiro atoms. The summed E-state index contributed by atoms with van der Waals surface area (Å²) in [6, 6.07) is -0.339. The molecule has 0 aromatic carbocycles. The number of allylic oxidation sites excluding steroid dienone is 4. The fourth-order valence-corrected chi connectivity index (χ4v) is 9.25. The van der Waals surface area contributed by atoms with E-state index in [1.807, 2.05) is 13.0 Å². The zero-order valence-corrected chi connectivity index (χ0v) is 33.2. The molecule has 4 aliphatic rings. The molecular formula is C44H60N4O5. The monoisotopic (exact) mass is 724 g/mol. The lowest BCUT2D eigenvalue weighted by Crippen LogP contribution is -2.37. The lowest BCUT2D eigenvalue weighted by Gasteiger charge is -2.27. The summed E-state index contributed by atoms with van der Waals surface area (Å²) in [5.74, 6) is -1.39. The van der Waals surface area contributed by atoms with Crippen molar-refractivity contribution in [3.8, 4) is 0 Å². The van der Waals surface area contributed by atoms with Gasteiger partial charge in [0, 0.05) is 63.0 Å².